The molecule has 0 fully saturated rings. The topological polar surface area (TPSA) is 38.8 Å². The minimum Gasteiger partial charge on any atom is -0.469 e. The molecule has 0 aromatic carbocycles. The molecule has 0 aliphatic rings. The minimum absolute atomic E-state index is 0.154. The Balaban J connectivity index is 4.30. The van der Waals surface area contributed by atoms with E-state index in [1.54, 1.807) is 7.11 Å². The van der Waals surface area contributed by atoms with Crippen LogP contribution in [0.1, 0.15) is 33.6 Å². The summed E-state index contributed by atoms with van der Waals surface area (Å²) in [5.41, 5.74) is 0. The summed E-state index contributed by atoms with van der Waals surface area (Å²) in [6.45, 7) is 7.91. The average molecular weight is 231 g/mol. The molecule has 0 aliphatic carbocycles. The van der Waals surface area contributed by atoms with E-state index in [1.165, 1.54) is 7.11 Å². The summed E-state index contributed by atoms with van der Waals surface area (Å²) in [4.78, 5) is 13.5. The lowest BCUT2D eigenvalue weighted by molar-refractivity contribution is -0.142. The van der Waals surface area contributed by atoms with Crippen LogP contribution in [0.15, 0.2) is 0 Å². The Labute approximate surface area is 98.9 Å². The van der Waals surface area contributed by atoms with Crippen molar-refractivity contribution < 1.29 is 14.3 Å². The second-order valence-electron chi connectivity index (χ2n) is 4.12. The van der Waals surface area contributed by atoms with Crippen molar-refractivity contribution in [2.75, 3.05) is 27.4 Å². The van der Waals surface area contributed by atoms with Crippen LogP contribution in [0.4, 0.5) is 0 Å². The highest BCUT2D eigenvalue weighted by atomic mass is 16.5. The third kappa shape index (κ3) is 5.47. The second-order valence-corrected chi connectivity index (χ2v) is 4.12. The molecule has 0 aliphatic heterocycles. The van der Waals surface area contributed by atoms with Crippen molar-refractivity contribution >= 4 is 5.97 Å². The van der Waals surface area contributed by atoms with Gasteiger partial charge in [0.15, 0.2) is 0 Å². The monoisotopic (exact) mass is 231 g/mol. The SMILES string of the molecule is CCC(C)N(CCOC)C(C)CC(=O)OC. The van der Waals surface area contributed by atoms with Crippen LogP contribution in [0.5, 0.6) is 0 Å². The first-order valence-corrected chi connectivity index (χ1v) is 5.88. The van der Waals surface area contributed by atoms with Crippen LogP contribution in [0.25, 0.3) is 0 Å². The van der Waals surface area contributed by atoms with Crippen molar-refractivity contribution in [2.45, 2.75) is 45.7 Å². The smallest absolute Gasteiger partial charge is 0.307 e. The van der Waals surface area contributed by atoms with Crippen molar-refractivity contribution in [1.29, 1.82) is 0 Å². The van der Waals surface area contributed by atoms with Crippen LogP contribution >= 0.6 is 0 Å². The predicted molar refractivity (Wildman–Crippen MR) is 64.4 cm³/mol. The Kier molecular flexibility index (Phi) is 8.21. The van der Waals surface area contributed by atoms with Crippen LogP contribution in [0, 0.1) is 0 Å². The Bertz CT molecular complexity index is 197. The fraction of sp³-hybridized carbons (Fsp3) is 0.917. The third-order valence-corrected chi connectivity index (χ3v) is 2.97. The fourth-order valence-corrected chi connectivity index (χ4v) is 1.75. The maximum atomic E-state index is 11.2. The molecular weight excluding hydrogens is 206 g/mol. The second kappa shape index (κ2) is 8.53. The van der Waals surface area contributed by atoms with E-state index in [-0.39, 0.29) is 12.0 Å². The number of ether oxygens (including phenoxy) is 2. The molecule has 0 heterocycles. The Morgan fingerprint density at radius 3 is 2.31 bits per heavy atom. The number of carbonyl (C=O) groups is 1. The maximum Gasteiger partial charge on any atom is 0.307 e. The zero-order valence-electron chi connectivity index (χ0n) is 11.2. The van der Waals surface area contributed by atoms with Gasteiger partial charge in [0, 0.05) is 25.7 Å². The normalized spacial score (nSPS) is 14.9. The highest BCUT2D eigenvalue weighted by Gasteiger charge is 2.21. The van der Waals surface area contributed by atoms with Crippen LogP contribution in [-0.2, 0) is 14.3 Å². The van der Waals surface area contributed by atoms with Crippen LogP contribution in [-0.4, -0.2) is 50.3 Å². The molecule has 0 amide bonds. The Morgan fingerprint density at radius 2 is 1.88 bits per heavy atom. The van der Waals surface area contributed by atoms with Gasteiger partial charge in [-0.05, 0) is 20.3 Å². The highest BCUT2D eigenvalue weighted by molar-refractivity contribution is 5.69. The zero-order chi connectivity index (χ0) is 12.6. The lowest BCUT2D eigenvalue weighted by Crippen LogP contribution is -2.43. The summed E-state index contributed by atoms with van der Waals surface area (Å²) in [7, 11) is 3.12. The van der Waals surface area contributed by atoms with Crippen molar-refractivity contribution in [3.63, 3.8) is 0 Å². The first kappa shape index (κ1) is 15.4. The van der Waals surface area contributed by atoms with Gasteiger partial charge in [-0.1, -0.05) is 6.92 Å². The largest absolute Gasteiger partial charge is 0.469 e. The van der Waals surface area contributed by atoms with E-state index in [0.717, 1.165) is 13.0 Å². The van der Waals surface area contributed by atoms with Crippen LogP contribution in [0.2, 0.25) is 0 Å². The van der Waals surface area contributed by atoms with Crippen LogP contribution in [0.3, 0.4) is 0 Å². The standard InChI is InChI=1S/C12H25NO3/c1-6-10(2)13(7-8-15-4)11(3)9-12(14)16-5/h10-11H,6-9H2,1-5H3. The molecule has 0 saturated carbocycles. The molecule has 2 atom stereocenters. The fourth-order valence-electron chi connectivity index (χ4n) is 1.75. The van der Waals surface area contributed by atoms with Crippen LogP contribution < -0.4 is 0 Å². The molecule has 0 saturated heterocycles. The van der Waals surface area contributed by atoms with Gasteiger partial charge in [0.2, 0.25) is 0 Å². The molecule has 2 unspecified atom stereocenters. The quantitative estimate of drug-likeness (QED) is 0.596. The number of methoxy groups -OCH3 is 2. The lowest BCUT2D eigenvalue weighted by Gasteiger charge is -2.33. The van der Waals surface area contributed by atoms with Crippen molar-refractivity contribution in [3.05, 3.63) is 0 Å². The summed E-state index contributed by atoms with van der Waals surface area (Å²) in [6.07, 6.45) is 1.50. The number of hydrogen-bond acceptors (Lipinski definition) is 4. The molecule has 96 valence electrons. The van der Waals surface area contributed by atoms with Gasteiger partial charge in [0.1, 0.15) is 0 Å². The molecular formula is C12H25NO3. The predicted octanol–water partition coefficient (Wildman–Crippen LogP) is 1.68. The number of rotatable bonds is 8. The molecule has 0 aromatic heterocycles. The van der Waals surface area contributed by atoms with Gasteiger partial charge >= 0.3 is 5.97 Å². The lowest BCUT2D eigenvalue weighted by atomic mass is 10.1. The van der Waals surface area contributed by atoms with Gasteiger partial charge in [0.25, 0.3) is 0 Å². The van der Waals surface area contributed by atoms with Gasteiger partial charge in [-0.15, -0.1) is 0 Å². The number of carbonyl (C=O) groups excluding carboxylic acids is 1. The van der Waals surface area contributed by atoms with E-state index in [9.17, 15) is 4.79 Å². The Morgan fingerprint density at radius 1 is 1.25 bits per heavy atom. The average Bonchev–Trinajstić information content (AvgIpc) is 2.28. The maximum absolute atomic E-state index is 11.2. The number of esters is 1. The minimum atomic E-state index is -0.154. The van der Waals surface area contributed by atoms with E-state index in [2.05, 4.69) is 25.7 Å². The van der Waals surface area contributed by atoms with E-state index >= 15 is 0 Å². The molecule has 16 heavy (non-hydrogen) atoms. The van der Waals surface area contributed by atoms with E-state index in [0.29, 0.717) is 19.1 Å². The number of nitrogens with zero attached hydrogens (tertiary/aromatic N) is 1. The molecule has 4 nitrogen and oxygen atoms in total. The summed E-state index contributed by atoms with van der Waals surface area (Å²) in [5, 5.41) is 0. The molecule has 0 rings (SSSR count). The Hall–Kier alpha value is -0.610. The first-order valence-electron chi connectivity index (χ1n) is 5.88. The van der Waals surface area contributed by atoms with Gasteiger partial charge in [-0.2, -0.15) is 0 Å². The molecule has 0 aromatic rings. The molecule has 0 spiro atoms. The third-order valence-electron chi connectivity index (χ3n) is 2.97. The van der Waals surface area contributed by atoms with Crippen molar-refractivity contribution in [1.82, 2.24) is 4.90 Å². The summed E-state index contributed by atoms with van der Waals surface area (Å²) >= 11 is 0. The molecule has 4 heteroatoms. The van der Waals surface area contributed by atoms with Gasteiger partial charge in [-0.3, -0.25) is 9.69 Å². The van der Waals surface area contributed by atoms with E-state index in [1.807, 2.05) is 0 Å². The zero-order valence-corrected chi connectivity index (χ0v) is 11.2. The van der Waals surface area contributed by atoms with Gasteiger partial charge in [-0.25, -0.2) is 0 Å². The summed E-state index contributed by atoms with van der Waals surface area (Å²) < 4.78 is 9.78. The molecule has 0 radical (unpaired) electrons. The number of hydrogen-bond donors (Lipinski definition) is 0. The van der Waals surface area contributed by atoms with Gasteiger partial charge < -0.3 is 9.47 Å². The van der Waals surface area contributed by atoms with Crippen molar-refractivity contribution in [3.8, 4) is 0 Å². The first-order chi connectivity index (χ1) is 7.56. The summed E-state index contributed by atoms with van der Waals surface area (Å²) in [5.74, 6) is -0.154. The molecule has 0 bridgehead atoms. The van der Waals surface area contributed by atoms with E-state index in [4.69, 9.17) is 9.47 Å². The molecule has 0 N–H and O–H groups in total. The van der Waals surface area contributed by atoms with Gasteiger partial charge in [0.05, 0.1) is 20.1 Å². The van der Waals surface area contributed by atoms with Crippen molar-refractivity contribution in [2.24, 2.45) is 0 Å². The highest BCUT2D eigenvalue weighted by Crippen LogP contribution is 2.11. The van der Waals surface area contributed by atoms with E-state index < -0.39 is 0 Å². The summed E-state index contributed by atoms with van der Waals surface area (Å²) in [6, 6.07) is 0.646.